The van der Waals surface area contributed by atoms with E-state index in [1.807, 2.05) is 0 Å². The summed E-state index contributed by atoms with van der Waals surface area (Å²) in [5.41, 5.74) is 10.8. The summed E-state index contributed by atoms with van der Waals surface area (Å²) in [4.78, 5) is 5.26. The molecule has 0 fully saturated rings. The minimum atomic E-state index is 0.0867. The van der Waals surface area contributed by atoms with E-state index in [1.165, 1.54) is 46.2 Å². The van der Waals surface area contributed by atoms with Crippen molar-refractivity contribution in [1.29, 1.82) is 0 Å². The number of hydrogen-bond donors (Lipinski definition) is 0. The largest absolute Gasteiger partial charge is 0.437 e. The molecule has 3 heterocycles. The van der Waals surface area contributed by atoms with E-state index >= 15 is 0 Å². The van der Waals surface area contributed by atoms with Crippen LogP contribution < -0.4 is 4.57 Å². The minimum Gasteiger partial charge on any atom is -0.437 e. The Kier molecular flexibility index (Phi) is 5.32. The molecule has 37 heavy (non-hydrogen) atoms. The van der Waals surface area contributed by atoms with Gasteiger partial charge in [0.1, 0.15) is 7.05 Å². The molecule has 0 unspecified atom stereocenters. The summed E-state index contributed by atoms with van der Waals surface area (Å²) >= 11 is 0. The highest BCUT2D eigenvalue weighted by Gasteiger charge is 2.38. The summed E-state index contributed by atoms with van der Waals surface area (Å²) in [5.74, 6) is 0.612. The number of nitrogens with zero attached hydrogens (tertiary/aromatic N) is 2. The Labute approximate surface area is 220 Å². The smallest absolute Gasteiger partial charge is 0.227 e. The topological polar surface area (TPSA) is 29.9 Å². The maximum atomic E-state index is 6.69. The number of benzene rings is 2. The van der Waals surface area contributed by atoms with Gasteiger partial charge in [0.2, 0.25) is 11.4 Å². The fraction of sp³-hybridized carbons (Fsp3) is 0.412. The molecule has 3 nitrogen and oxygen atoms in total. The maximum Gasteiger partial charge on any atom is 0.227 e. The highest BCUT2D eigenvalue weighted by atomic mass is 16.3. The Hall–Kier alpha value is -3.20. The quantitative estimate of drug-likeness (QED) is 0.237. The number of fused-ring (bicyclic) bond motifs is 6. The lowest BCUT2D eigenvalue weighted by atomic mass is 9.62. The Morgan fingerprint density at radius 1 is 0.946 bits per heavy atom. The second-order valence-corrected chi connectivity index (χ2v) is 13.0. The molecule has 5 aromatic rings. The van der Waals surface area contributed by atoms with E-state index in [0.717, 1.165) is 39.6 Å². The van der Waals surface area contributed by atoms with E-state index in [2.05, 4.69) is 109 Å². The number of pyridine rings is 2. The Morgan fingerprint density at radius 2 is 1.70 bits per heavy atom. The Morgan fingerprint density at radius 3 is 2.46 bits per heavy atom. The van der Waals surface area contributed by atoms with E-state index in [-0.39, 0.29) is 10.8 Å². The summed E-state index contributed by atoms with van der Waals surface area (Å²) in [5, 5.41) is 3.43. The van der Waals surface area contributed by atoms with Crippen molar-refractivity contribution in [1.82, 2.24) is 4.98 Å². The molecule has 0 bridgehead atoms. The summed E-state index contributed by atoms with van der Waals surface area (Å²) in [7, 11) is 2.12. The van der Waals surface area contributed by atoms with Crippen molar-refractivity contribution < 1.29 is 8.98 Å². The monoisotopic (exact) mass is 491 g/mol. The van der Waals surface area contributed by atoms with Gasteiger partial charge >= 0.3 is 0 Å². The van der Waals surface area contributed by atoms with Crippen LogP contribution in [0.5, 0.6) is 0 Å². The van der Waals surface area contributed by atoms with Crippen LogP contribution in [0.3, 0.4) is 0 Å². The lowest BCUT2D eigenvalue weighted by molar-refractivity contribution is -0.660. The van der Waals surface area contributed by atoms with Crippen LogP contribution in [0.2, 0.25) is 0 Å². The number of aryl methyl sites for hydroxylation is 2. The third kappa shape index (κ3) is 3.77. The van der Waals surface area contributed by atoms with Crippen molar-refractivity contribution in [2.75, 3.05) is 0 Å². The minimum absolute atomic E-state index is 0.0867. The molecule has 3 heteroatoms. The zero-order valence-corrected chi connectivity index (χ0v) is 23.6. The standard InChI is InChI=1S/C34H39N2O/c1-20(2)17-22-13-16-36(8)27(18-22)28-21(3)9-11-24-25-19-23-10-12-26-29(30(23)35-32(25)37-31(24)28)34(6,7)15-14-33(26,4)5/h9-13,16,18-20H,14-15,17H2,1-8H3/q+1. The molecule has 1 aliphatic rings. The fourth-order valence-corrected chi connectivity index (χ4v) is 6.50. The number of rotatable bonds is 3. The summed E-state index contributed by atoms with van der Waals surface area (Å²) in [6.07, 6.45) is 5.60. The van der Waals surface area contributed by atoms with Gasteiger partial charge in [-0.3, -0.25) is 0 Å². The first-order chi connectivity index (χ1) is 17.5. The van der Waals surface area contributed by atoms with Gasteiger partial charge in [0, 0.05) is 28.3 Å². The van der Waals surface area contributed by atoms with Gasteiger partial charge in [0.25, 0.3) is 0 Å². The molecule has 0 radical (unpaired) electrons. The second kappa shape index (κ2) is 8.15. The predicted octanol–water partition coefficient (Wildman–Crippen LogP) is 8.48. The van der Waals surface area contributed by atoms with Crippen LogP contribution in [0.1, 0.15) is 76.6 Å². The molecule has 3 aromatic heterocycles. The number of furan rings is 1. The number of aromatic nitrogens is 2. The molecule has 0 aliphatic heterocycles. The van der Waals surface area contributed by atoms with Crippen LogP contribution in [0, 0.1) is 12.8 Å². The molecule has 0 N–H and O–H groups in total. The molecule has 0 saturated carbocycles. The molecule has 0 atom stereocenters. The fourth-order valence-electron chi connectivity index (χ4n) is 6.50. The molecule has 190 valence electrons. The van der Waals surface area contributed by atoms with Gasteiger partial charge in [-0.2, -0.15) is 0 Å². The molecule has 1 aliphatic carbocycles. The summed E-state index contributed by atoms with van der Waals surface area (Å²) < 4.78 is 8.90. The highest BCUT2D eigenvalue weighted by Crippen LogP contribution is 2.48. The third-order valence-corrected chi connectivity index (χ3v) is 8.70. The van der Waals surface area contributed by atoms with Gasteiger partial charge in [0.15, 0.2) is 11.8 Å². The molecule has 0 amide bonds. The first-order valence-electron chi connectivity index (χ1n) is 13.8. The average Bonchev–Trinajstić information content (AvgIpc) is 3.18. The zero-order valence-electron chi connectivity index (χ0n) is 23.6. The van der Waals surface area contributed by atoms with Gasteiger partial charge < -0.3 is 4.42 Å². The molecule has 6 rings (SSSR count). The van der Waals surface area contributed by atoms with E-state index in [9.17, 15) is 0 Å². The van der Waals surface area contributed by atoms with E-state index in [1.54, 1.807) is 0 Å². The van der Waals surface area contributed by atoms with Crippen molar-refractivity contribution in [3.05, 3.63) is 70.9 Å². The van der Waals surface area contributed by atoms with Gasteiger partial charge in [0.05, 0.1) is 11.1 Å². The van der Waals surface area contributed by atoms with Crippen LogP contribution in [0.4, 0.5) is 0 Å². The molecule has 0 spiro atoms. The first kappa shape index (κ1) is 24.2. The molecule has 2 aromatic carbocycles. The van der Waals surface area contributed by atoms with Crippen molar-refractivity contribution in [2.24, 2.45) is 13.0 Å². The lowest BCUT2D eigenvalue weighted by Gasteiger charge is -2.42. The summed E-state index contributed by atoms with van der Waals surface area (Å²) in [6.45, 7) is 16.2. The number of hydrogen-bond acceptors (Lipinski definition) is 2. The van der Waals surface area contributed by atoms with Gasteiger partial charge in [-0.15, -0.1) is 0 Å². The van der Waals surface area contributed by atoms with Crippen LogP contribution in [-0.4, -0.2) is 4.98 Å². The Bertz CT molecular complexity index is 1700. The maximum absolute atomic E-state index is 6.69. The van der Waals surface area contributed by atoms with Crippen LogP contribution >= 0.6 is 0 Å². The van der Waals surface area contributed by atoms with E-state index in [4.69, 9.17) is 9.40 Å². The van der Waals surface area contributed by atoms with Crippen molar-refractivity contribution >= 4 is 33.0 Å². The van der Waals surface area contributed by atoms with Crippen LogP contribution in [-0.2, 0) is 24.3 Å². The van der Waals surface area contributed by atoms with Gasteiger partial charge in [-0.1, -0.05) is 65.8 Å². The van der Waals surface area contributed by atoms with E-state index < -0.39 is 0 Å². The Balaban J connectivity index is 1.65. The normalized spacial score (nSPS) is 16.7. The van der Waals surface area contributed by atoms with Crippen molar-refractivity contribution in [2.45, 2.75) is 78.6 Å². The van der Waals surface area contributed by atoms with Gasteiger partial charge in [-0.25, -0.2) is 9.55 Å². The summed E-state index contributed by atoms with van der Waals surface area (Å²) in [6, 6.07) is 15.9. The highest BCUT2D eigenvalue weighted by molar-refractivity contribution is 6.11. The first-order valence-corrected chi connectivity index (χ1v) is 13.8. The molecular weight excluding hydrogens is 452 g/mol. The van der Waals surface area contributed by atoms with E-state index in [0.29, 0.717) is 5.92 Å². The van der Waals surface area contributed by atoms with Crippen molar-refractivity contribution in [3.8, 4) is 11.3 Å². The van der Waals surface area contributed by atoms with Crippen molar-refractivity contribution in [3.63, 3.8) is 0 Å². The molecule has 0 saturated heterocycles. The zero-order chi connectivity index (χ0) is 26.3. The lowest BCUT2D eigenvalue weighted by Crippen LogP contribution is -2.34. The third-order valence-electron chi connectivity index (χ3n) is 8.70. The van der Waals surface area contributed by atoms with Crippen LogP contribution in [0.15, 0.2) is 53.1 Å². The SMILES string of the molecule is Cc1ccc2c(oc3nc4c5c(ccc4cc32)C(C)(C)CCC5(C)C)c1-c1cc(CC(C)C)cc[n+]1C. The van der Waals surface area contributed by atoms with Gasteiger partial charge in [-0.05, 0) is 71.3 Å². The predicted molar refractivity (Wildman–Crippen MR) is 154 cm³/mol. The van der Waals surface area contributed by atoms with Crippen LogP contribution in [0.25, 0.3) is 44.2 Å². The molecular formula is C34H39N2O+. The second-order valence-electron chi connectivity index (χ2n) is 13.0. The average molecular weight is 492 g/mol.